The maximum atomic E-state index is 11.1. The minimum atomic E-state index is -3.74. The molecular formula is C14H11N3O4S. The van der Waals surface area contributed by atoms with Gasteiger partial charge in [-0.25, -0.2) is 13.6 Å². The summed E-state index contributed by atoms with van der Waals surface area (Å²) in [5.74, 6) is -0.114. The third-order valence-electron chi connectivity index (χ3n) is 2.97. The van der Waals surface area contributed by atoms with Crippen LogP contribution >= 0.6 is 0 Å². The van der Waals surface area contributed by atoms with Gasteiger partial charge in [-0.15, -0.1) is 10.2 Å². The van der Waals surface area contributed by atoms with Crippen molar-refractivity contribution in [2.45, 2.75) is 4.90 Å². The molecule has 3 aromatic rings. The fourth-order valence-corrected chi connectivity index (χ4v) is 2.41. The Kier molecular flexibility index (Phi) is 3.39. The second-order valence-electron chi connectivity index (χ2n) is 4.49. The number of sulfonamides is 1. The zero-order valence-corrected chi connectivity index (χ0v) is 12.0. The molecule has 0 atom stereocenters. The summed E-state index contributed by atoms with van der Waals surface area (Å²) in [5, 5.41) is 23.2. The van der Waals surface area contributed by atoms with Crippen LogP contribution in [0.5, 0.6) is 5.75 Å². The number of hydrogen-bond acceptors (Lipinski definition) is 6. The Bertz CT molecular complexity index is 959. The van der Waals surface area contributed by atoms with Crippen molar-refractivity contribution in [3.8, 4) is 5.75 Å². The van der Waals surface area contributed by atoms with Crippen molar-refractivity contribution in [3.63, 3.8) is 0 Å². The molecule has 2 aromatic carbocycles. The van der Waals surface area contributed by atoms with Crippen LogP contribution in [0.15, 0.2) is 68.1 Å². The van der Waals surface area contributed by atoms with Gasteiger partial charge in [0, 0.05) is 0 Å². The van der Waals surface area contributed by atoms with Gasteiger partial charge in [0.25, 0.3) is 5.88 Å². The van der Waals surface area contributed by atoms with Gasteiger partial charge in [-0.05, 0) is 36.4 Å². The number of nitrogens with zero attached hydrogens (tertiary/aromatic N) is 2. The van der Waals surface area contributed by atoms with Crippen molar-refractivity contribution in [1.82, 2.24) is 0 Å². The first kappa shape index (κ1) is 14.2. The van der Waals surface area contributed by atoms with E-state index in [0.29, 0.717) is 16.7 Å². The van der Waals surface area contributed by atoms with Crippen LogP contribution in [0.25, 0.3) is 11.0 Å². The van der Waals surface area contributed by atoms with E-state index in [-0.39, 0.29) is 16.5 Å². The minimum absolute atomic E-state index is 0.0157. The summed E-state index contributed by atoms with van der Waals surface area (Å²) < 4.78 is 27.7. The largest absolute Gasteiger partial charge is 0.503 e. The van der Waals surface area contributed by atoms with Crippen LogP contribution in [0.1, 0.15) is 0 Å². The van der Waals surface area contributed by atoms with E-state index >= 15 is 0 Å². The summed E-state index contributed by atoms with van der Waals surface area (Å²) in [5.41, 5.74) is 0.894. The Morgan fingerprint density at radius 1 is 1.00 bits per heavy atom. The summed E-state index contributed by atoms with van der Waals surface area (Å²) >= 11 is 0. The molecule has 3 rings (SSSR count). The second-order valence-corrected chi connectivity index (χ2v) is 6.05. The molecule has 0 radical (unpaired) electrons. The van der Waals surface area contributed by atoms with Gasteiger partial charge in [0.1, 0.15) is 5.58 Å². The highest BCUT2D eigenvalue weighted by Crippen LogP contribution is 2.38. The van der Waals surface area contributed by atoms with Gasteiger partial charge in [-0.1, -0.05) is 12.1 Å². The zero-order chi connectivity index (χ0) is 15.7. The highest BCUT2D eigenvalue weighted by molar-refractivity contribution is 7.89. The summed E-state index contributed by atoms with van der Waals surface area (Å²) in [6, 6.07) is 12.5. The number of rotatable bonds is 3. The number of furan rings is 1. The lowest BCUT2D eigenvalue weighted by Crippen LogP contribution is -2.11. The van der Waals surface area contributed by atoms with Gasteiger partial charge in [0.2, 0.25) is 10.0 Å². The molecule has 0 unspecified atom stereocenters. The standard InChI is InChI=1S/C14H11N3O4S/c15-22(19,20)10-7-5-9(6-8-10)16-17-14-13(18)11-3-1-2-4-12(11)21-14/h1-8,18H,(H2,15,19,20). The number of nitrogens with two attached hydrogens (primary N) is 1. The average molecular weight is 317 g/mol. The third kappa shape index (κ3) is 2.69. The van der Waals surface area contributed by atoms with Crippen molar-refractivity contribution < 1.29 is 17.9 Å². The van der Waals surface area contributed by atoms with Gasteiger partial charge in [0.05, 0.1) is 16.0 Å². The Hall–Kier alpha value is -2.71. The van der Waals surface area contributed by atoms with E-state index in [1.165, 1.54) is 24.3 Å². The van der Waals surface area contributed by atoms with Crippen LogP contribution in [0.2, 0.25) is 0 Å². The molecule has 1 heterocycles. The second kappa shape index (κ2) is 5.24. The molecule has 8 heteroatoms. The van der Waals surface area contributed by atoms with Gasteiger partial charge in [-0.3, -0.25) is 0 Å². The Morgan fingerprint density at radius 3 is 2.32 bits per heavy atom. The van der Waals surface area contributed by atoms with Gasteiger partial charge in [-0.2, -0.15) is 0 Å². The van der Waals surface area contributed by atoms with Crippen LogP contribution < -0.4 is 5.14 Å². The maximum Gasteiger partial charge on any atom is 0.282 e. The van der Waals surface area contributed by atoms with Gasteiger partial charge in [0.15, 0.2) is 5.75 Å². The lowest BCUT2D eigenvalue weighted by molar-refractivity contribution is 0.468. The summed E-state index contributed by atoms with van der Waals surface area (Å²) in [4.78, 5) is -0.0157. The molecule has 0 saturated carbocycles. The van der Waals surface area contributed by atoms with Crippen molar-refractivity contribution in [1.29, 1.82) is 0 Å². The summed E-state index contributed by atoms with van der Waals surface area (Å²) in [6.07, 6.45) is 0. The Morgan fingerprint density at radius 2 is 1.68 bits per heavy atom. The topological polar surface area (TPSA) is 118 Å². The van der Waals surface area contributed by atoms with E-state index in [2.05, 4.69) is 10.2 Å². The normalized spacial score (nSPS) is 12.2. The van der Waals surface area contributed by atoms with E-state index in [4.69, 9.17) is 9.56 Å². The Labute approximate surface area is 125 Å². The predicted octanol–water partition coefficient (Wildman–Crippen LogP) is 3.20. The van der Waals surface area contributed by atoms with Crippen LogP contribution in [0.3, 0.4) is 0 Å². The van der Waals surface area contributed by atoms with Crippen molar-refractivity contribution in [3.05, 3.63) is 48.5 Å². The number of aromatic hydroxyl groups is 1. The van der Waals surface area contributed by atoms with E-state index in [1.807, 2.05) is 0 Å². The molecule has 0 aliphatic heterocycles. The summed E-state index contributed by atoms with van der Waals surface area (Å²) in [7, 11) is -3.74. The third-order valence-corrected chi connectivity index (χ3v) is 3.90. The van der Waals surface area contributed by atoms with E-state index in [0.717, 1.165) is 0 Å². The first-order valence-electron chi connectivity index (χ1n) is 6.20. The predicted molar refractivity (Wildman–Crippen MR) is 79.9 cm³/mol. The lowest BCUT2D eigenvalue weighted by Gasteiger charge is -1.97. The van der Waals surface area contributed by atoms with Crippen LogP contribution in [0.4, 0.5) is 11.6 Å². The molecular weight excluding hydrogens is 306 g/mol. The van der Waals surface area contributed by atoms with Crippen molar-refractivity contribution in [2.75, 3.05) is 0 Å². The molecule has 0 aliphatic carbocycles. The highest BCUT2D eigenvalue weighted by atomic mass is 32.2. The highest BCUT2D eigenvalue weighted by Gasteiger charge is 2.12. The molecule has 7 nitrogen and oxygen atoms in total. The van der Waals surface area contributed by atoms with Crippen LogP contribution in [-0.2, 0) is 10.0 Å². The van der Waals surface area contributed by atoms with E-state index in [1.54, 1.807) is 24.3 Å². The zero-order valence-electron chi connectivity index (χ0n) is 11.2. The fraction of sp³-hybridized carbons (Fsp3) is 0. The molecule has 0 amide bonds. The molecule has 3 N–H and O–H groups in total. The SMILES string of the molecule is NS(=O)(=O)c1ccc(N=Nc2oc3ccccc3c2O)cc1. The fourth-order valence-electron chi connectivity index (χ4n) is 1.89. The molecule has 22 heavy (non-hydrogen) atoms. The number of primary sulfonamides is 1. The molecule has 112 valence electrons. The number of benzene rings is 2. The van der Waals surface area contributed by atoms with Crippen molar-refractivity contribution >= 4 is 32.6 Å². The quantitative estimate of drug-likeness (QED) is 0.721. The monoisotopic (exact) mass is 317 g/mol. The van der Waals surface area contributed by atoms with Crippen molar-refractivity contribution in [2.24, 2.45) is 15.4 Å². The van der Waals surface area contributed by atoms with E-state index in [9.17, 15) is 13.5 Å². The Balaban J connectivity index is 1.91. The number of hydrogen-bond donors (Lipinski definition) is 2. The summed E-state index contributed by atoms with van der Waals surface area (Å²) in [6.45, 7) is 0. The molecule has 0 saturated heterocycles. The smallest absolute Gasteiger partial charge is 0.282 e. The molecule has 0 spiro atoms. The van der Waals surface area contributed by atoms with Gasteiger partial charge >= 0.3 is 0 Å². The van der Waals surface area contributed by atoms with Gasteiger partial charge < -0.3 is 9.52 Å². The number of fused-ring (bicyclic) bond motifs is 1. The first-order valence-corrected chi connectivity index (χ1v) is 7.75. The lowest BCUT2D eigenvalue weighted by atomic mass is 10.2. The molecule has 0 aliphatic rings. The number of para-hydroxylation sites is 1. The maximum absolute atomic E-state index is 11.1. The first-order chi connectivity index (χ1) is 10.4. The molecule has 1 aromatic heterocycles. The van der Waals surface area contributed by atoms with E-state index < -0.39 is 10.0 Å². The van der Waals surface area contributed by atoms with Crippen LogP contribution in [-0.4, -0.2) is 13.5 Å². The molecule has 0 bridgehead atoms. The average Bonchev–Trinajstić information content (AvgIpc) is 2.82. The minimum Gasteiger partial charge on any atom is -0.503 e. The molecule has 0 fully saturated rings. The van der Waals surface area contributed by atoms with Crippen LogP contribution in [0, 0.1) is 0 Å². The number of azo groups is 1.